The van der Waals surface area contributed by atoms with Gasteiger partial charge >= 0.3 is 6.03 Å². The van der Waals surface area contributed by atoms with Crippen molar-refractivity contribution in [2.24, 2.45) is 0 Å². The third kappa shape index (κ3) is 3.02. The van der Waals surface area contributed by atoms with Gasteiger partial charge in [-0.1, -0.05) is 47.5 Å². The molecule has 0 fully saturated rings. The minimum Gasteiger partial charge on any atom is -0.307 e. The van der Waals surface area contributed by atoms with Crippen molar-refractivity contribution in [3.05, 3.63) is 64.1 Å². The van der Waals surface area contributed by atoms with E-state index in [0.717, 1.165) is 16.8 Å². The maximum Gasteiger partial charge on any atom is 0.327 e. The number of fused-ring (bicyclic) bond motifs is 1. The van der Waals surface area contributed by atoms with Crippen LogP contribution in [0.4, 0.5) is 16.2 Å². The van der Waals surface area contributed by atoms with Gasteiger partial charge in [-0.3, -0.25) is 4.90 Å². The lowest BCUT2D eigenvalue weighted by atomic mass is 9.89. The Kier molecular flexibility index (Phi) is 4.33. The van der Waals surface area contributed by atoms with Gasteiger partial charge in [-0.15, -0.1) is 0 Å². The summed E-state index contributed by atoms with van der Waals surface area (Å²) in [6, 6.07) is 12.7. The van der Waals surface area contributed by atoms with Gasteiger partial charge in [0.25, 0.3) is 0 Å². The van der Waals surface area contributed by atoms with Gasteiger partial charge in [0.1, 0.15) is 0 Å². The number of para-hydroxylation sites is 1. The summed E-state index contributed by atoms with van der Waals surface area (Å²) in [6.45, 7) is 6.09. The van der Waals surface area contributed by atoms with Crippen LogP contribution in [-0.2, 0) is 0 Å². The number of nitrogens with zero attached hydrogens (tertiary/aromatic N) is 1. The van der Waals surface area contributed by atoms with E-state index in [4.69, 9.17) is 23.2 Å². The molecule has 3 nitrogen and oxygen atoms in total. The Hall–Kier alpha value is -1.97. The van der Waals surface area contributed by atoms with Gasteiger partial charge in [-0.05, 0) is 50.6 Å². The normalized spacial score (nSPS) is 15.5. The summed E-state index contributed by atoms with van der Waals surface area (Å²) < 4.78 is 0. The molecule has 124 valence electrons. The van der Waals surface area contributed by atoms with Crippen LogP contribution in [0.1, 0.15) is 26.3 Å². The standard InChI is InChI=1S/C19H18Cl2N2O/c1-12-11-19(2,3)23(17-7-5-4-6-14(12)17)18(24)22-13-8-9-15(20)16(21)10-13/h4-11H,1-3H3,(H,22,24). The second-order valence-corrected chi connectivity index (χ2v) is 7.21. The first-order valence-electron chi connectivity index (χ1n) is 7.65. The fourth-order valence-corrected chi connectivity index (χ4v) is 3.41. The third-order valence-corrected chi connectivity index (χ3v) is 4.83. The van der Waals surface area contributed by atoms with E-state index in [2.05, 4.69) is 18.3 Å². The topological polar surface area (TPSA) is 32.3 Å². The summed E-state index contributed by atoms with van der Waals surface area (Å²) in [6.07, 6.45) is 2.10. The Balaban J connectivity index is 1.97. The number of allylic oxidation sites excluding steroid dienone is 1. The van der Waals surface area contributed by atoms with E-state index in [0.29, 0.717) is 15.7 Å². The molecule has 0 bridgehead atoms. The van der Waals surface area contributed by atoms with Crippen molar-refractivity contribution in [1.82, 2.24) is 0 Å². The number of amides is 2. The van der Waals surface area contributed by atoms with Crippen molar-refractivity contribution >= 4 is 46.2 Å². The van der Waals surface area contributed by atoms with Crippen LogP contribution in [0.3, 0.4) is 0 Å². The molecule has 1 aliphatic rings. The molecule has 3 rings (SSSR count). The SMILES string of the molecule is CC1=CC(C)(C)N(C(=O)Nc2ccc(Cl)c(Cl)c2)c2ccccc21. The highest BCUT2D eigenvalue weighted by atomic mass is 35.5. The first kappa shape index (κ1) is 16.9. The number of urea groups is 1. The Morgan fingerprint density at radius 3 is 2.50 bits per heavy atom. The van der Waals surface area contributed by atoms with Crippen molar-refractivity contribution in [3.8, 4) is 0 Å². The molecule has 0 unspecified atom stereocenters. The predicted octanol–water partition coefficient (Wildman–Crippen LogP) is 6.23. The number of hydrogen-bond acceptors (Lipinski definition) is 1. The van der Waals surface area contributed by atoms with Crippen molar-refractivity contribution in [2.45, 2.75) is 26.3 Å². The van der Waals surface area contributed by atoms with Crippen LogP contribution in [0.5, 0.6) is 0 Å². The van der Waals surface area contributed by atoms with Crippen LogP contribution >= 0.6 is 23.2 Å². The van der Waals surface area contributed by atoms with E-state index in [1.807, 2.05) is 38.1 Å². The maximum absolute atomic E-state index is 13.0. The number of anilines is 2. The van der Waals surface area contributed by atoms with E-state index in [9.17, 15) is 4.79 Å². The molecule has 0 spiro atoms. The summed E-state index contributed by atoms with van der Waals surface area (Å²) in [5, 5.41) is 3.77. The van der Waals surface area contributed by atoms with Gasteiger partial charge < -0.3 is 5.32 Å². The number of rotatable bonds is 1. The number of halogens is 2. The first-order valence-corrected chi connectivity index (χ1v) is 8.40. The molecular formula is C19H18Cl2N2O. The average molecular weight is 361 g/mol. The molecule has 2 aromatic carbocycles. The van der Waals surface area contributed by atoms with Crippen molar-refractivity contribution in [2.75, 3.05) is 10.2 Å². The monoisotopic (exact) mass is 360 g/mol. The van der Waals surface area contributed by atoms with E-state index in [1.165, 1.54) is 0 Å². The lowest BCUT2D eigenvalue weighted by Crippen LogP contribution is -2.50. The maximum atomic E-state index is 13.0. The largest absolute Gasteiger partial charge is 0.327 e. The fraction of sp³-hybridized carbons (Fsp3) is 0.211. The van der Waals surface area contributed by atoms with Crippen molar-refractivity contribution < 1.29 is 4.79 Å². The molecule has 0 saturated carbocycles. The van der Waals surface area contributed by atoms with Crippen molar-refractivity contribution in [1.29, 1.82) is 0 Å². The zero-order chi connectivity index (χ0) is 17.5. The third-order valence-electron chi connectivity index (χ3n) is 4.09. The van der Waals surface area contributed by atoms with E-state index < -0.39 is 5.54 Å². The van der Waals surface area contributed by atoms with Crippen LogP contribution < -0.4 is 10.2 Å². The van der Waals surface area contributed by atoms with E-state index in [1.54, 1.807) is 23.1 Å². The summed E-state index contributed by atoms with van der Waals surface area (Å²) in [7, 11) is 0. The van der Waals surface area contributed by atoms with E-state index >= 15 is 0 Å². The molecule has 1 aliphatic heterocycles. The molecule has 2 aromatic rings. The van der Waals surface area contributed by atoms with Crippen LogP contribution in [0.15, 0.2) is 48.5 Å². The highest BCUT2D eigenvalue weighted by Crippen LogP contribution is 2.39. The van der Waals surface area contributed by atoms with Crippen LogP contribution in [0.25, 0.3) is 5.57 Å². The van der Waals surface area contributed by atoms with Crippen LogP contribution in [0, 0.1) is 0 Å². The molecule has 5 heteroatoms. The average Bonchev–Trinajstić information content (AvgIpc) is 2.50. The molecule has 0 atom stereocenters. The zero-order valence-electron chi connectivity index (χ0n) is 13.7. The van der Waals surface area contributed by atoms with Crippen LogP contribution in [-0.4, -0.2) is 11.6 Å². The van der Waals surface area contributed by atoms with Gasteiger partial charge in [0.05, 0.1) is 21.3 Å². The van der Waals surface area contributed by atoms with E-state index in [-0.39, 0.29) is 6.03 Å². The number of hydrogen-bond donors (Lipinski definition) is 1. The Bertz CT molecular complexity index is 843. The molecular weight excluding hydrogens is 343 g/mol. The highest BCUT2D eigenvalue weighted by Gasteiger charge is 2.35. The van der Waals surface area contributed by atoms with Gasteiger partial charge in [0, 0.05) is 11.3 Å². The first-order chi connectivity index (χ1) is 11.3. The number of benzene rings is 2. The highest BCUT2D eigenvalue weighted by molar-refractivity contribution is 6.42. The predicted molar refractivity (Wildman–Crippen MR) is 102 cm³/mol. The molecule has 1 N–H and O–H groups in total. The van der Waals surface area contributed by atoms with Gasteiger partial charge in [0.15, 0.2) is 0 Å². The minimum atomic E-state index is -0.446. The molecule has 0 radical (unpaired) electrons. The number of nitrogens with one attached hydrogen (secondary N) is 1. The Labute approximate surface area is 151 Å². The van der Waals surface area contributed by atoms with Crippen molar-refractivity contribution in [3.63, 3.8) is 0 Å². The lowest BCUT2D eigenvalue weighted by molar-refractivity contribution is 0.253. The summed E-state index contributed by atoms with van der Waals surface area (Å²) in [4.78, 5) is 14.7. The molecule has 0 aliphatic carbocycles. The summed E-state index contributed by atoms with van der Waals surface area (Å²) in [5.74, 6) is 0. The second-order valence-electron chi connectivity index (χ2n) is 6.39. The summed E-state index contributed by atoms with van der Waals surface area (Å²) >= 11 is 12.0. The summed E-state index contributed by atoms with van der Waals surface area (Å²) in [5.41, 5.74) is 3.27. The zero-order valence-corrected chi connectivity index (χ0v) is 15.2. The van der Waals surface area contributed by atoms with Gasteiger partial charge in [0.2, 0.25) is 0 Å². The number of carbonyl (C=O) groups is 1. The quantitative estimate of drug-likeness (QED) is 0.642. The minimum absolute atomic E-state index is 0.213. The molecule has 1 heterocycles. The second kappa shape index (κ2) is 6.15. The molecule has 2 amide bonds. The van der Waals surface area contributed by atoms with Gasteiger partial charge in [-0.2, -0.15) is 0 Å². The molecule has 0 aromatic heterocycles. The number of carbonyl (C=O) groups excluding carboxylic acids is 1. The molecule has 24 heavy (non-hydrogen) atoms. The Morgan fingerprint density at radius 2 is 1.79 bits per heavy atom. The molecule has 0 saturated heterocycles. The van der Waals surface area contributed by atoms with Gasteiger partial charge in [-0.25, -0.2) is 4.79 Å². The fourth-order valence-electron chi connectivity index (χ4n) is 3.11. The Morgan fingerprint density at radius 1 is 1.08 bits per heavy atom. The smallest absolute Gasteiger partial charge is 0.307 e. The lowest BCUT2D eigenvalue weighted by Gasteiger charge is -2.41. The van der Waals surface area contributed by atoms with Crippen LogP contribution in [0.2, 0.25) is 10.0 Å².